The van der Waals surface area contributed by atoms with Gasteiger partial charge in [0.25, 0.3) is 0 Å². The summed E-state index contributed by atoms with van der Waals surface area (Å²) in [7, 11) is -3.92. The van der Waals surface area contributed by atoms with Crippen LogP contribution in [-0.4, -0.2) is 50.4 Å². The van der Waals surface area contributed by atoms with Crippen LogP contribution < -0.4 is 10.6 Å². The molecule has 0 aromatic heterocycles. The zero-order valence-corrected chi connectivity index (χ0v) is 18.9. The number of halogens is 7. The lowest BCUT2D eigenvalue weighted by atomic mass is 10.1. The Kier molecular flexibility index (Phi) is 9.22. The molecule has 2 N–H and O–H groups in total. The Morgan fingerprint density at radius 2 is 1.77 bits per heavy atom. The first kappa shape index (κ1) is 26.7. The van der Waals surface area contributed by atoms with E-state index in [0.717, 1.165) is 12.1 Å². The summed E-state index contributed by atoms with van der Waals surface area (Å²) in [4.78, 5) is 3.94. The zero-order chi connectivity index (χ0) is 21.9. The van der Waals surface area contributed by atoms with Crippen LogP contribution in [0.3, 0.4) is 0 Å². The molecule has 1 heterocycles. The molecule has 1 aromatic carbocycles. The van der Waals surface area contributed by atoms with E-state index in [1.165, 1.54) is 19.2 Å². The van der Waals surface area contributed by atoms with Gasteiger partial charge in [0.15, 0.2) is 5.96 Å². The highest BCUT2D eigenvalue weighted by atomic mass is 127. The van der Waals surface area contributed by atoms with Gasteiger partial charge in [0.1, 0.15) is 0 Å². The number of guanidine groups is 1. The molecule has 0 bridgehead atoms. The van der Waals surface area contributed by atoms with Crippen LogP contribution in [0.1, 0.15) is 24.0 Å². The maximum absolute atomic E-state index is 12.8. The smallest absolute Gasteiger partial charge is 0.354 e. The van der Waals surface area contributed by atoms with Crippen molar-refractivity contribution in [3.05, 3.63) is 35.4 Å². The number of piperidine rings is 1. The highest BCUT2D eigenvalue weighted by Crippen LogP contribution is 2.30. The zero-order valence-electron chi connectivity index (χ0n) is 15.7. The van der Waals surface area contributed by atoms with Crippen molar-refractivity contribution >= 4 is 40.0 Å². The quantitative estimate of drug-likeness (QED) is 0.251. The second-order valence-electron chi connectivity index (χ2n) is 6.39. The molecule has 14 heteroatoms. The molecule has 0 saturated carbocycles. The minimum Gasteiger partial charge on any atom is -0.354 e. The Balaban J connectivity index is 0.00000450. The number of nitrogens with zero attached hydrogens (tertiary/aromatic N) is 2. The molecule has 0 unspecified atom stereocenters. The molecule has 1 aliphatic rings. The molecule has 1 aromatic rings. The van der Waals surface area contributed by atoms with E-state index in [2.05, 4.69) is 15.6 Å². The van der Waals surface area contributed by atoms with Crippen molar-refractivity contribution in [2.24, 2.45) is 4.99 Å². The molecule has 30 heavy (non-hydrogen) atoms. The third kappa shape index (κ3) is 6.87. The number of rotatable bonds is 4. The minimum atomic E-state index is -5.35. The molecule has 0 aliphatic carbocycles. The van der Waals surface area contributed by atoms with Crippen LogP contribution >= 0.6 is 24.0 Å². The van der Waals surface area contributed by atoms with E-state index in [9.17, 15) is 34.8 Å². The molecular formula is C16H21F6IN4O2S. The maximum atomic E-state index is 12.8. The second-order valence-corrected chi connectivity index (χ2v) is 8.32. The first-order valence-corrected chi connectivity index (χ1v) is 9.98. The predicted octanol–water partition coefficient (Wildman–Crippen LogP) is 3.30. The van der Waals surface area contributed by atoms with Gasteiger partial charge in [0.2, 0.25) is 0 Å². The Morgan fingerprint density at radius 3 is 2.27 bits per heavy atom. The number of hydrogen-bond acceptors (Lipinski definition) is 3. The lowest BCUT2D eigenvalue weighted by Crippen LogP contribution is -2.51. The monoisotopic (exact) mass is 574 g/mol. The Morgan fingerprint density at radius 1 is 1.17 bits per heavy atom. The number of sulfonamides is 1. The summed E-state index contributed by atoms with van der Waals surface area (Å²) >= 11 is 0. The number of aliphatic imine (C=N–C) groups is 1. The van der Waals surface area contributed by atoms with Crippen LogP contribution in [0.15, 0.2) is 29.3 Å². The summed E-state index contributed by atoms with van der Waals surface area (Å²) in [6.07, 6.45) is -4.21. The molecule has 0 amide bonds. The normalized spacial score (nSPS) is 17.4. The largest absolute Gasteiger partial charge is 0.511 e. The summed E-state index contributed by atoms with van der Waals surface area (Å²) in [5.41, 5.74) is -5.75. The van der Waals surface area contributed by atoms with E-state index in [4.69, 9.17) is 0 Å². The molecule has 1 aliphatic heterocycles. The van der Waals surface area contributed by atoms with Crippen LogP contribution in [0.25, 0.3) is 0 Å². The van der Waals surface area contributed by atoms with E-state index in [1.54, 1.807) is 0 Å². The van der Waals surface area contributed by atoms with Gasteiger partial charge in [0.05, 0.1) is 5.56 Å². The van der Waals surface area contributed by atoms with Crippen LogP contribution in [0.5, 0.6) is 0 Å². The number of nitrogens with one attached hydrogen (secondary N) is 2. The van der Waals surface area contributed by atoms with E-state index in [1.807, 2.05) is 0 Å². The number of hydrogen-bond donors (Lipinski definition) is 2. The summed E-state index contributed by atoms with van der Waals surface area (Å²) in [6, 6.07) is 4.42. The van der Waals surface area contributed by atoms with Crippen molar-refractivity contribution in [3.8, 4) is 0 Å². The third-order valence-electron chi connectivity index (χ3n) is 4.37. The molecule has 1 fully saturated rings. The van der Waals surface area contributed by atoms with Crippen molar-refractivity contribution < 1.29 is 34.8 Å². The van der Waals surface area contributed by atoms with E-state index in [-0.39, 0.29) is 68.5 Å². The van der Waals surface area contributed by atoms with Gasteiger partial charge in [-0.2, -0.15) is 30.6 Å². The van der Waals surface area contributed by atoms with Gasteiger partial charge >= 0.3 is 21.7 Å². The van der Waals surface area contributed by atoms with E-state index < -0.39 is 27.3 Å². The molecule has 0 atom stereocenters. The average Bonchev–Trinajstić information content (AvgIpc) is 2.64. The fourth-order valence-electron chi connectivity index (χ4n) is 2.82. The summed E-state index contributed by atoms with van der Waals surface area (Å²) in [5, 5.41) is 5.78. The van der Waals surface area contributed by atoms with Gasteiger partial charge in [-0.25, -0.2) is 8.42 Å². The van der Waals surface area contributed by atoms with E-state index in [0.29, 0.717) is 9.87 Å². The van der Waals surface area contributed by atoms with Crippen molar-refractivity contribution in [1.82, 2.24) is 14.9 Å². The summed E-state index contributed by atoms with van der Waals surface area (Å²) < 4.78 is 99.3. The maximum Gasteiger partial charge on any atom is 0.511 e. The molecule has 6 nitrogen and oxygen atoms in total. The second kappa shape index (κ2) is 10.3. The van der Waals surface area contributed by atoms with Crippen LogP contribution in [-0.2, 0) is 22.7 Å². The molecule has 1 saturated heterocycles. The van der Waals surface area contributed by atoms with Crippen molar-refractivity contribution in [2.45, 2.75) is 37.1 Å². The standard InChI is InChI=1S/C16H20F6N4O2S.HI/c1-23-14(24-10-11-3-2-4-12(9-11)15(17,18)19)25-13-5-7-26(8-6-13)29(27,28)16(20,21)22;/h2-4,9,13H,5-8,10H2,1H3,(H2,23,24,25);1H. The molecule has 172 valence electrons. The van der Waals surface area contributed by atoms with Gasteiger partial charge in [-0.05, 0) is 30.5 Å². The molecule has 2 rings (SSSR count). The number of benzene rings is 1. The first-order valence-electron chi connectivity index (χ1n) is 8.54. The van der Waals surface area contributed by atoms with Crippen molar-refractivity contribution in [1.29, 1.82) is 0 Å². The van der Waals surface area contributed by atoms with Crippen LogP contribution in [0.2, 0.25) is 0 Å². The Labute approximate surface area is 187 Å². The Bertz CT molecular complexity index is 837. The van der Waals surface area contributed by atoms with Crippen molar-refractivity contribution in [3.63, 3.8) is 0 Å². The average molecular weight is 574 g/mol. The van der Waals surface area contributed by atoms with Crippen molar-refractivity contribution in [2.75, 3.05) is 20.1 Å². The predicted molar refractivity (Wildman–Crippen MR) is 110 cm³/mol. The van der Waals surface area contributed by atoms with Crippen LogP contribution in [0.4, 0.5) is 26.3 Å². The highest BCUT2D eigenvalue weighted by Gasteiger charge is 2.50. The fourth-order valence-corrected chi connectivity index (χ4v) is 3.80. The minimum absolute atomic E-state index is 0. The van der Waals surface area contributed by atoms with Gasteiger partial charge in [-0.3, -0.25) is 4.99 Å². The van der Waals surface area contributed by atoms with Gasteiger partial charge in [0, 0.05) is 32.7 Å². The summed E-state index contributed by atoms with van der Waals surface area (Å²) in [6.45, 7) is -0.556. The summed E-state index contributed by atoms with van der Waals surface area (Å²) in [5.74, 6) is 0.250. The number of alkyl halides is 6. The lowest BCUT2D eigenvalue weighted by Gasteiger charge is -2.32. The van der Waals surface area contributed by atoms with Gasteiger partial charge in [-0.1, -0.05) is 12.1 Å². The Hall–Kier alpha value is -1.29. The third-order valence-corrected chi connectivity index (χ3v) is 6.00. The fraction of sp³-hybridized carbons (Fsp3) is 0.562. The SMILES string of the molecule is CN=C(NCc1cccc(C(F)(F)F)c1)NC1CCN(S(=O)(=O)C(F)(F)F)CC1.I. The molecule has 0 spiro atoms. The first-order chi connectivity index (χ1) is 13.3. The highest BCUT2D eigenvalue weighted by molar-refractivity contribution is 14.0. The van der Waals surface area contributed by atoms with E-state index >= 15 is 0 Å². The van der Waals surface area contributed by atoms with Gasteiger partial charge in [-0.15, -0.1) is 24.0 Å². The molecular weight excluding hydrogens is 553 g/mol. The van der Waals surface area contributed by atoms with Gasteiger partial charge < -0.3 is 10.6 Å². The lowest BCUT2D eigenvalue weighted by molar-refractivity contribution is -0.137. The van der Waals surface area contributed by atoms with Crippen LogP contribution in [0, 0.1) is 0 Å². The molecule has 0 radical (unpaired) electrons. The topological polar surface area (TPSA) is 73.8 Å².